The van der Waals surface area contributed by atoms with E-state index in [1.165, 1.54) is 16.5 Å². The lowest BCUT2D eigenvalue weighted by atomic mass is 9.88. The van der Waals surface area contributed by atoms with E-state index < -0.39 is 0 Å². The number of para-hydroxylation sites is 3. The van der Waals surface area contributed by atoms with Crippen molar-refractivity contribution in [2.24, 2.45) is 0 Å². The number of aromatic nitrogens is 3. The summed E-state index contributed by atoms with van der Waals surface area (Å²) in [6, 6.07) is 78.8. The van der Waals surface area contributed by atoms with Crippen LogP contribution in [0, 0.1) is 0 Å². The van der Waals surface area contributed by atoms with Crippen molar-refractivity contribution in [2.75, 3.05) is 9.80 Å². The SMILES string of the molecule is c1ccc(-c2ccc(N(c3ccccc3)c3ccc4c5c(cccc35)-c3cccc(-c5nc(-c6ccccc6)nc(-c6ccccc6)n5)c3N4c3ccccc3)cc2)cc1. The molecule has 0 saturated heterocycles. The van der Waals surface area contributed by atoms with E-state index in [-0.39, 0.29) is 0 Å². The quantitative estimate of drug-likeness (QED) is 0.154. The van der Waals surface area contributed by atoms with Crippen LogP contribution in [0.25, 0.3) is 67.2 Å². The van der Waals surface area contributed by atoms with Gasteiger partial charge in [0.05, 0.1) is 17.1 Å². The van der Waals surface area contributed by atoms with Crippen molar-refractivity contribution < 1.29 is 0 Å². The molecule has 0 fully saturated rings. The summed E-state index contributed by atoms with van der Waals surface area (Å²) in [5.74, 6) is 1.87. The summed E-state index contributed by atoms with van der Waals surface area (Å²) in [5.41, 5.74) is 13.8. The van der Waals surface area contributed by atoms with Gasteiger partial charge in [-0.1, -0.05) is 170 Å². The molecule has 0 unspecified atom stereocenters. The summed E-state index contributed by atoms with van der Waals surface area (Å²) < 4.78 is 0. The third-order valence-electron chi connectivity index (χ3n) is 11.2. The molecule has 5 nitrogen and oxygen atoms in total. The lowest BCUT2D eigenvalue weighted by molar-refractivity contribution is 1.07. The van der Waals surface area contributed by atoms with Crippen molar-refractivity contribution in [1.82, 2.24) is 15.0 Å². The molecule has 0 atom stereocenters. The fourth-order valence-corrected chi connectivity index (χ4v) is 8.49. The Morgan fingerprint density at radius 1 is 0.333 bits per heavy atom. The van der Waals surface area contributed by atoms with Crippen LogP contribution < -0.4 is 9.80 Å². The molecule has 0 saturated carbocycles. The smallest absolute Gasteiger partial charge is 0.166 e. The second-order valence-corrected chi connectivity index (χ2v) is 14.8. The van der Waals surface area contributed by atoms with Crippen LogP contribution in [0.3, 0.4) is 0 Å². The molecule has 0 spiro atoms. The summed E-state index contributed by atoms with van der Waals surface area (Å²) in [7, 11) is 0. The van der Waals surface area contributed by atoms with Crippen LogP contribution in [0.15, 0.2) is 224 Å². The van der Waals surface area contributed by atoms with Crippen molar-refractivity contribution in [3.05, 3.63) is 224 Å². The number of anilines is 6. The average molecular weight is 768 g/mol. The van der Waals surface area contributed by atoms with Gasteiger partial charge in [-0.3, -0.25) is 0 Å². The Balaban J connectivity index is 1.14. The highest BCUT2D eigenvalue weighted by atomic mass is 15.2. The highest BCUT2D eigenvalue weighted by Crippen LogP contribution is 2.56. The molecule has 282 valence electrons. The number of nitrogens with zero attached hydrogens (tertiary/aromatic N) is 5. The molecule has 0 N–H and O–H groups in total. The minimum Gasteiger partial charge on any atom is -0.310 e. The lowest BCUT2D eigenvalue weighted by Crippen LogP contribution is -2.18. The molecule has 5 heteroatoms. The molecule has 60 heavy (non-hydrogen) atoms. The third-order valence-corrected chi connectivity index (χ3v) is 11.2. The van der Waals surface area contributed by atoms with Crippen LogP contribution in [0.5, 0.6) is 0 Å². The average Bonchev–Trinajstić information content (AvgIpc) is 3.34. The molecule has 2 heterocycles. The van der Waals surface area contributed by atoms with Gasteiger partial charge in [-0.15, -0.1) is 0 Å². The van der Waals surface area contributed by atoms with E-state index in [0.717, 1.165) is 67.3 Å². The zero-order chi connectivity index (χ0) is 39.8. The van der Waals surface area contributed by atoms with Crippen LogP contribution in [-0.2, 0) is 0 Å². The number of rotatable bonds is 8. The van der Waals surface area contributed by atoms with Gasteiger partial charge in [0.2, 0.25) is 0 Å². The normalized spacial score (nSPS) is 11.6. The predicted octanol–water partition coefficient (Wildman–Crippen LogP) is 14.6. The van der Waals surface area contributed by atoms with Gasteiger partial charge < -0.3 is 9.80 Å². The van der Waals surface area contributed by atoms with E-state index in [4.69, 9.17) is 15.0 Å². The van der Waals surface area contributed by atoms with Crippen LogP contribution in [-0.4, -0.2) is 15.0 Å². The largest absolute Gasteiger partial charge is 0.310 e. The van der Waals surface area contributed by atoms with E-state index in [2.05, 4.69) is 198 Å². The highest BCUT2D eigenvalue weighted by Gasteiger charge is 2.31. The molecule has 0 bridgehead atoms. The highest BCUT2D eigenvalue weighted by molar-refractivity contribution is 6.19. The fraction of sp³-hybridized carbons (Fsp3) is 0. The maximum atomic E-state index is 5.21. The summed E-state index contributed by atoms with van der Waals surface area (Å²) in [6.45, 7) is 0. The first kappa shape index (κ1) is 35.0. The Bertz CT molecular complexity index is 3060. The Labute approximate surface area is 349 Å². The van der Waals surface area contributed by atoms with Gasteiger partial charge in [-0.05, 0) is 71.3 Å². The number of hydrogen-bond acceptors (Lipinski definition) is 5. The van der Waals surface area contributed by atoms with Gasteiger partial charge in [0.15, 0.2) is 17.5 Å². The molecule has 1 aliphatic rings. The van der Waals surface area contributed by atoms with Gasteiger partial charge in [0.1, 0.15) is 0 Å². The minimum atomic E-state index is 0.613. The Hall–Kier alpha value is -8.15. The first-order valence-corrected chi connectivity index (χ1v) is 20.2. The van der Waals surface area contributed by atoms with Gasteiger partial charge in [-0.25, -0.2) is 15.0 Å². The molecule has 11 rings (SSSR count). The van der Waals surface area contributed by atoms with Gasteiger partial charge in [0, 0.05) is 50.1 Å². The number of hydrogen-bond donors (Lipinski definition) is 0. The Morgan fingerprint density at radius 2 is 0.817 bits per heavy atom. The Kier molecular flexibility index (Phi) is 8.75. The summed E-state index contributed by atoms with van der Waals surface area (Å²) >= 11 is 0. The second kappa shape index (κ2) is 15.0. The number of benzene rings is 9. The summed E-state index contributed by atoms with van der Waals surface area (Å²) in [5, 5.41) is 2.33. The van der Waals surface area contributed by atoms with Crippen LogP contribution in [0.4, 0.5) is 34.1 Å². The van der Waals surface area contributed by atoms with Crippen molar-refractivity contribution in [2.45, 2.75) is 0 Å². The molecular formula is C55H37N5. The fourth-order valence-electron chi connectivity index (χ4n) is 8.49. The van der Waals surface area contributed by atoms with Crippen molar-refractivity contribution in [3.63, 3.8) is 0 Å². The first-order chi connectivity index (χ1) is 29.8. The van der Waals surface area contributed by atoms with E-state index >= 15 is 0 Å². The maximum Gasteiger partial charge on any atom is 0.166 e. The zero-order valence-corrected chi connectivity index (χ0v) is 32.6. The van der Waals surface area contributed by atoms with E-state index in [1.807, 2.05) is 36.4 Å². The van der Waals surface area contributed by atoms with E-state index in [1.54, 1.807) is 0 Å². The molecule has 1 aromatic heterocycles. The minimum absolute atomic E-state index is 0.613. The molecule has 1 aliphatic heterocycles. The van der Waals surface area contributed by atoms with E-state index in [0.29, 0.717) is 17.5 Å². The summed E-state index contributed by atoms with van der Waals surface area (Å²) in [6.07, 6.45) is 0. The van der Waals surface area contributed by atoms with Crippen molar-refractivity contribution >= 4 is 44.9 Å². The molecule has 0 aliphatic carbocycles. The topological polar surface area (TPSA) is 45.2 Å². The standard InChI is InChI=1S/C55H37N5/c1-6-18-38(19-7-1)39-32-34-44(35-33-39)59(42-24-12-4-13-25-42)49-36-37-50-51-45(28-16-30-47(49)51)46-29-17-31-48(52(46)60(50)43-26-14-5-15-27-43)55-57-53(40-20-8-2-9-21-40)56-54(58-55)41-22-10-3-11-23-41/h1-37H. The third kappa shape index (κ3) is 6.17. The van der Waals surface area contributed by atoms with Gasteiger partial charge in [0.25, 0.3) is 0 Å². The predicted molar refractivity (Wildman–Crippen MR) is 247 cm³/mol. The molecule has 9 aromatic carbocycles. The second-order valence-electron chi connectivity index (χ2n) is 14.8. The molecule has 0 amide bonds. The first-order valence-electron chi connectivity index (χ1n) is 20.2. The van der Waals surface area contributed by atoms with E-state index in [9.17, 15) is 0 Å². The van der Waals surface area contributed by atoms with Crippen LogP contribution in [0.1, 0.15) is 0 Å². The van der Waals surface area contributed by atoms with Gasteiger partial charge in [-0.2, -0.15) is 0 Å². The van der Waals surface area contributed by atoms with Gasteiger partial charge >= 0.3 is 0 Å². The van der Waals surface area contributed by atoms with Crippen molar-refractivity contribution in [3.8, 4) is 56.4 Å². The summed E-state index contributed by atoms with van der Waals surface area (Å²) in [4.78, 5) is 20.2. The monoisotopic (exact) mass is 767 g/mol. The van der Waals surface area contributed by atoms with Crippen molar-refractivity contribution in [1.29, 1.82) is 0 Å². The molecular weight excluding hydrogens is 731 g/mol. The number of fused-ring (bicyclic) bond motifs is 2. The Morgan fingerprint density at radius 3 is 1.45 bits per heavy atom. The molecule has 0 radical (unpaired) electrons. The van der Waals surface area contributed by atoms with Crippen LogP contribution in [0.2, 0.25) is 0 Å². The lowest BCUT2D eigenvalue weighted by Gasteiger charge is -2.36. The maximum absolute atomic E-state index is 5.21. The molecule has 10 aromatic rings. The van der Waals surface area contributed by atoms with Crippen LogP contribution >= 0.6 is 0 Å². The zero-order valence-electron chi connectivity index (χ0n) is 32.6.